The number of carbonyl (C=O) groups excluding carboxylic acids is 12. The Kier molecular flexibility index (Phi) is 30.6. The number of nitrogens with zero attached hydrogens (tertiary/aromatic N) is 8. The van der Waals surface area contributed by atoms with E-state index in [-0.39, 0.29) is 56.3 Å². The first kappa shape index (κ1) is 80.6. The quantitative estimate of drug-likeness (QED) is 0.205. The summed E-state index contributed by atoms with van der Waals surface area (Å²) >= 11 is 6.21. The average Bonchev–Trinajstić information content (AvgIpc) is 0.928. The van der Waals surface area contributed by atoms with Gasteiger partial charge < -0.3 is 60.5 Å². The molecule has 2 aromatic carbocycles. The van der Waals surface area contributed by atoms with Crippen LogP contribution in [0.5, 0.6) is 0 Å². The maximum Gasteiger partial charge on any atom is 0.416 e. The standard InChI is InChI=1S/C68H102ClF3N12O12/c1-17-43(8)59-67(96)79(12)38-57(87)77(10)39-58(88)81(14)54(35-46-22-27-48(69)28-23-46)65(94)78(11)37-55(85)73-49(29-24-45-20-25-47(26-21-45)68(70,71)72)61(90)74-50(32-40(2)3)63(92)83(16)53(34-42(6)7)66(95)82(15)52(33-41(4)5)62(91)75-51(64(93)84-30-18-19-31-84)36-56(86)80(13)44(9)60(89)76-59/h20-23,25-28,40-44,49-54,59H,17-19,24,29-39H2,1-16H3,(H,73,85)(H,74,90)(H,75,91)(H,76,89)/t43-,44-,49-,50-,51-,52-,53-,54-,59-/m0/s1. The molecule has 0 spiro atoms. The minimum atomic E-state index is -4.64. The lowest BCUT2D eigenvalue weighted by molar-refractivity contribution is -0.150. The summed E-state index contributed by atoms with van der Waals surface area (Å²) in [6, 6.07) is -0.0156. The van der Waals surface area contributed by atoms with Crippen LogP contribution in [0.4, 0.5) is 13.2 Å². The van der Waals surface area contributed by atoms with Gasteiger partial charge in [0.25, 0.3) is 0 Å². The van der Waals surface area contributed by atoms with E-state index in [0.717, 1.165) is 36.6 Å². The van der Waals surface area contributed by atoms with E-state index in [1.54, 1.807) is 52.0 Å². The normalized spacial score (nSPS) is 24.1. The average molecular weight is 1370 g/mol. The van der Waals surface area contributed by atoms with E-state index in [2.05, 4.69) is 21.3 Å². The molecule has 12 amide bonds. The molecule has 0 bridgehead atoms. The fraction of sp³-hybridized carbons (Fsp3) is 0.647. The summed E-state index contributed by atoms with van der Waals surface area (Å²) in [5.41, 5.74) is -0.00348. The Balaban J connectivity index is 1.88. The highest BCUT2D eigenvalue weighted by molar-refractivity contribution is 6.30. The van der Waals surface area contributed by atoms with Crippen LogP contribution in [0.1, 0.15) is 130 Å². The van der Waals surface area contributed by atoms with Crippen LogP contribution < -0.4 is 21.3 Å². The highest BCUT2D eigenvalue weighted by atomic mass is 35.5. The number of likely N-dealkylation sites (tertiary alicyclic amines) is 1. The minimum Gasteiger partial charge on any atom is -0.343 e. The zero-order chi connectivity index (χ0) is 72.4. The Hall–Kier alpha value is -7.84. The Bertz CT molecular complexity index is 3060. The molecule has 534 valence electrons. The van der Waals surface area contributed by atoms with Crippen molar-refractivity contribution < 1.29 is 70.7 Å². The van der Waals surface area contributed by atoms with Crippen LogP contribution in [0.3, 0.4) is 0 Å². The van der Waals surface area contributed by atoms with E-state index in [9.17, 15) is 61.1 Å². The van der Waals surface area contributed by atoms with Crippen molar-refractivity contribution in [2.75, 3.05) is 82.1 Å². The van der Waals surface area contributed by atoms with E-state index in [0.29, 0.717) is 48.5 Å². The molecule has 0 unspecified atom stereocenters. The van der Waals surface area contributed by atoms with Crippen LogP contribution in [0.2, 0.25) is 5.02 Å². The molecule has 28 heteroatoms. The molecule has 0 aliphatic carbocycles. The van der Waals surface area contributed by atoms with Crippen LogP contribution in [0, 0.1) is 23.7 Å². The number of nitrogens with one attached hydrogen (secondary N) is 4. The summed E-state index contributed by atoms with van der Waals surface area (Å²) in [5, 5.41) is 11.4. The van der Waals surface area contributed by atoms with Crippen molar-refractivity contribution in [3.05, 3.63) is 70.2 Å². The first-order chi connectivity index (χ1) is 44.8. The van der Waals surface area contributed by atoms with Gasteiger partial charge in [-0.05, 0) is 111 Å². The van der Waals surface area contributed by atoms with Crippen LogP contribution in [0.25, 0.3) is 0 Å². The number of benzene rings is 2. The molecular weight excluding hydrogens is 1270 g/mol. The lowest BCUT2D eigenvalue weighted by Gasteiger charge is -2.37. The number of hydrogen-bond donors (Lipinski definition) is 4. The van der Waals surface area contributed by atoms with E-state index < -0.39 is 163 Å². The fourth-order valence-electron chi connectivity index (χ4n) is 11.5. The number of likely N-dealkylation sites (N-methyl/N-ethyl adjacent to an activating group) is 7. The molecule has 4 N–H and O–H groups in total. The molecule has 2 aliphatic rings. The minimum absolute atomic E-state index is 0.00677. The molecule has 9 atom stereocenters. The smallest absolute Gasteiger partial charge is 0.343 e. The SMILES string of the molecule is CC[C@H](C)[C@@H]1NC(=O)[C@H](C)N(C)C(=O)C[C@@H](C(=O)N2CCCC2)NC(=O)[C@H](CC(C)C)N(C)C(=O)[C@H](CC(C)C)N(C)C(=O)[C@H](CC(C)C)NC(=O)[C@H](CCc2ccc(C(F)(F)F)cc2)NC(=O)CN(C)C(=O)[C@H](Cc2ccc(Cl)cc2)N(C)C(=O)CN(C)C(=O)CN(C)C1=O. The number of aryl methyl sites for hydroxylation is 1. The highest BCUT2D eigenvalue weighted by Crippen LogP contribution is 2.30. The molecule has 2 heterocycles. The van der Waals surface area contributed by atoms with Gasteiger partial charge in [-0.3, -0.25) is 57.5 Å². The fourth-order valence-corrected chi connectivity index (χ4v) is 11.6. The molecule has 2 aromatic rings. The van der Waals surface area contributed by atoms with Crippen LogP contribution in [-0.2, 0) is 76.6 Å². The second-order valence-electron chi connectivity index (χ2n) is 27.1. The van der Waals surface area contributed by atoms with E-state index in [1.165, 1.54) is 83.1 Å². The van der Waals surface area contributed by atoms with Crippen molar-refractivity contribution in [3.8, 4) is 0 Å². The number of halogens is 4. The third-order valence-electron chi connectivity index (χ3n) is 17.9. The summed E-state index contributed by atoms with van der Waals surface area (Å²) in [7, 11) is 9.43. The van der Waals surface area contributed by atoms with Gasteiger partial charge >= 0.3 is 6.18 Å². The van der Waals surface area contributed by atoms with Crippen LogP contribution >= 0.6 is 11.6 Å². The second kappa shape index (κ2) is 36.5. The van der Waals surface area contributed by atoms with Crippen LogP contribution in [0.15, 0.2) is 48.5 Å². The van der Waals surface area contributed by atoms with Crippen molar-refractivity contribution >= 4 is 82.5 Å². The lowest BCUT2D eigenvalue weighted by atomic mass is 9.96. The van der Waals surface area contributed by atoms with Crippen molar-refractivity contribution in [2.45, 2.75) is 181 Å². The summed E-state index contributed by atoms with van der Waals surface area (Å²) in [4.78, 5) is 184. The maximum atomic E-state index is 15.2. The topological polar surface area (TPSA) is 279 Å². The molecule has 0 radical (unpaired) electrons. The van der Waals surface area contributed by atoms with Gasteiger partial charge in [0, 0.05) is 73.9 Å². The van der Waals surface area contributed by atoms with Gasteiger partial charge in [-0.15, -0.1) is 0 Å². The lowest BCUT2D eigenvalue weighted by Crippen LogP contribution is -2.60. The number of hydrogen-bond acceptors (Lipinski definition) is 12. The Labute approximate surface area is 568 Å². The predicted molar refractivity (Wildman–Crippen MR) is 356 cm³/mol. The first-order valence-corrected chi connectivity index (χ1v) is 33.3. The number of rotatable bonds is 14. The van der Waals surface area contributed by atoms with E-state index in [4.69, 9.17) is 11.6 Å². The van der Waals surface area contributed by atoms with Gasteiger partial charge in [-0.1, -0.05) is 97.7 Å². The predicted octanol–water partition coefficient (Wildman–Crippen LogP) is 4.39. The molecule has 2 aliphatic heterocycles. The highest BCUT2D eigenvalue weighted by Gasteiger charge is 2.42. The summed E-state index contributed by atoms with van der Waals surface area (Å²) in [6.45, 7) is 14.6. The second-order valence-corrected chi connectivity index (χ2v) is 27.5. The molecule has 2 fully saturated rings. The van der Waals surface area contributed by atoms with Crippen LogP contribution in [-0.4, -0.2) is 240 Å². The molecule has 96 heavy (non-hydrogen) atoms. The summed E-state index contributed by atoms with van der Waals surface area (Å²) in [6.07, 6.45) is -3.82. The van der Waals surface area contributed by atoms with Crippen molar-refractivity contribution in [1.29, 1.82) is 0 Å². The maximum absolute atomic E-state index is 15.2. The Morgan fingerprint density at radius 3 is 1.62 bits per heavy atom. The number of amides is 12. The molecule has 0 aromatic heterocycles. The third kappa shape index (κ3) is 23.2. The number of carbonyl (C=O) groups is 12. The van der Waals surface area contributed by atoms with Gasteiger partial charge in [-0.25, -0.2) is 0 Å². The Morgan fingerprint density at radius 2 is 1.07 bits per heavy atom. The van der Waals surface area contributed by atoms with Gasteiger partial charge in [-0.2, -0.15) is 13.2 Å². The molecule has 24 nitrogen and oxygen atoms in total. The Morgan fingerprint density at radius 1 is 0.542 bits per heavy atom. The van der Waals surface area contributed by atoms with Gasteiger partial charge in [0.2, 0.25) is 70.9 Å². The molecule has 2 saturated heterocycles. The third-order valence-corrected chi connectivity index (χ3v) is 18.2. The van der Waals surface area contributed by atoms with Gasteiger partial charge in [0.1, 0.15) is 48.3 Å². The molecular formula is C68H102ClF3N12O12. The monoisotopic (exact) mass is 1370 g/mol. The first-order valence-electron chi connectivity index (χ1n) is 33.0. The van der Waals surface area contributed by atoms with Crippen molar-refractivity contribution in [2.24, 2.45) is 23.7 Å². The summed E-state index contributed by atoms with van der Waals surface area (Å²) in [5.74, 6) is -10.1. The number of alkyl halides is 3. The van der Waals surface area contributed by atoms with Crippen molar-refractivity contribution in [3.63, 3.8) is 0 Å². The zero-order valence-electron chi connectivity index (χ0n) is 58.6. The van der Waals surface area contributed by atoms with Gasteiger partial charge in [0.15, 0.2) is 0 Å². The van der Waals surface area contributed by atoms with Crippen molar-refractivity contribution in [1.82, 2.24) is 60.5 Å². The zero-order valence-corrected chi connectivity index (χ0v) is 59.4. The van der Waals surface area contributed by atoms with E-state index >= 15 is 9.59 Å². The molecule has 0 saturated carbocycles. The largest absolute Gasteiger partial charge is 0.416 e. The van der Waals surface area contributed by atoms with Gasteiger partial charge in [0.05, 0.1) is 31.6 Å². The molecule has 4 rings (SSSR count). The van der Waals surface area contributed by atoms with E-state index in [1.807, 2.05) is 27.7 Å². The summed E-state index contributed by atoms with van der Waals surface area (Å²) < 4.78 is 40.9.